The summed E-state index contributed by atoms with van der Waals surface area (Å²) in [4.78, 5) is 0. The third-order valence-electron chi connectivity index (χ3n) is 4.49. The van der Waals surface area contributed by atoms with E-state index in [0.29, 0.717) is 18.6 Å². The van der Waals surface area contributed by atoms with Crippen molar-refractivity contribution >= 4 is 11.8 Å². The molecule has 0 amide bonds. The van der Waals surface area contributed by atoms with E-state index < -0.39 is 0 Å². The summed E-state index contributed by atoms with van der Waals surface area (Å²) >= 11 is 1.61. The van der Waals surface area contributed by atoms with E-state index in [0.717, 1.165) is 28.2 Å². The molecule has 0 aliphatic heterocycles. The van der Waals surface area contributed by atoms with Crippen LogP contribution in [0.15, 0.2) is 90.1 Å². The van der Waals surface area contributed by atoms with Crippen LogP contribution >= 0.6 is 11.8 Å². The maximum Gasteiger partial charge on any atom is 0.195 e. The number of para-hydroxylation sites is 1. The van der Waals surface area contributed by atoms with Crippen LogP contribution in [0.3, 0.4) is 0 Å². The molecule has 4 aromatic rings. The zero-order valence-corrected chi connectivity index (χ0v) is 17.1. The van der Waals surface area contributed by atoms with Crippen molar-refractivity contribution < 1.29 is 4.74 Å². The van der Waals surface area contributed by atoms with E-state index in [2.05, 4.69) is 45.1 Å². The maximum atomic E-state index is 8.87. The quantitative estimate of drug-likeness (QED) is 0.304. The first-order chi connectivity index (χ1) is 14.8. The van der Waals surface area contributed by atoms with Gasteiger partial charge in [0.25, 0.3) is 0 Å². The van der Waals surface area contributed by atoms with Crippen LogP contribution < -0.4 is 4.74 Å². The van der Waals surface area contributed by atoms with E-state index in [-0.39, 0.29) is 0 Å². The van der Waals surface area contributed by atoms with E-state index in [1.54, 1.807) is 23.9 Å². The van der Waals surface area contributed by atoms with E-state index in [4.69, 9.17) is 10.00 Å². The second-order valence-corrected chi connectivity index (χ2v) is 7.63. The number of hydrogen-bond donors (Lipinski definition) is 0. The van der Waals surface area contributed by atoms with Gasteiger partial charge in [-0.3, -0.25) is 4.57 Å². The molecule has 0 aliphatic carbocycles. The molecule has 0 spiro atoms. The lowest BCUT2D eigenvalue weighted by molar-refractivity contribution is 0.344. The van der Waals surface area contributed by atoms with E-state index in [1.165, 1.54) is 5.56 Å². The second kappa shape index (κ2) is 9.77. The van der Waals surface area contributed by atoms with Gasteiger partial charge in [-0.2, -0.15) is 5.26 Å². The fourth-order valence-electron chi connectivity index (χ4n) is 3.04. The minimum atomic E-state index is 0.534. The lowest BCUT2D eigenvalue weighted by Gasteiger charge is -2.11. The molecule has 0 N–H and O–H groups in total. The van der Waals surface area contributed by atoms with Crippen molar-refractivity contribution in [3.63, 3.8) is 0 Å². The SMILES string of the molecule is N#Cc1ccc(OCCSc2nnc(Cc3ccccc3)n2-c2ccccc2)cc1. The molecule has 0 saturated heterocycles. The van der Waals surface area contributed by atoms with Crippen molar-refractivity contribution in [1.82, 2.24) is 14.8 Å². The summed E-state index contributed by atoms with van der Waals surface area (Å²) in [5.41, 5.74) is 2.87. The molecular weight excluding hydrogens is 392 g/mol. The van der Waals surface area contributed by atoms with Crippen LogP contribution in [-0.4, -0.2) is 27.1 Å². The van der Waals surface area contributed by atoms with Gasteiger partial charge in [-0.05, 0) is 42.0 Å². The molecule has 0 saturated carbocycles. The Hall–Kier alpha value is -3.56. The largest absolute Gasteiger partial charge is 0.493 e. The summed E-state index contributed by atoms with van der Waals surface area (Å²) in [6.07, 6.45) is 0.713. The standard InChI is InChI=1S/C24H20N4OS/c25-18-20-11-13-22(14-12-20)29-15-16-30-24-27-26-23(17-19-7-3-1-4-8-19)28(24)21-9-5-2-6-10-21/h1-14H,15-17H2. The fraction of sp³-hybridized carbons (Fsp3) is 0.125. The second-order valence-electron chi connectivity index (χ2n) is 6.57. The molecular formula is C24H20N4OS. The maximum absolute atomic E-state index is 8.87. The Labute approximate surface area is 180 Å². The molecule has 0 unspecified atom stereocenters. The first kappa shape index (κ1) is 19.7. The molecule has 1 aromatic heterocycles. The van der Waals surface area contributed by atoms with E-state index >= 15 is 0 Å². The molecule has 0 radical (unpaired) electrons. The molecule has 5 nitrogen and oxygen atoms in total. The van der Waals surface area contributed by atoms with Crippen LogP contribution in [0.2, 0.25) is 0 Å². The summed E-state index contributed by atoms with van der Waals surface area (Å²) in [6.45, 7) is 0.534. The van der Waals surface area contributed by atoms with Gasteiger partial charge in [-0.25, -0.2) is 0 Å². The first-order valence-electron chi connectivity index (χ1n) is 9.63. The number of thioether (sulfide) groups is 1. The summed E-state index contributed by atoms with van der Waals surface area (Å²) in [6, 6.07) is 29.7. The van der Waals surface area contributed by atoms with Crippen molar-refractivity contribution in [3.8, 4) is 17.5 Å². The number of aromatic nitrogens is 3. The lowest BCUT2D eigenvalue weighted by atomic mass is 10.1. The summed E-state index contributed by atoms with van der Waals surface area (Å²) in [7, 11) is 0. The molecule has 6 heteroatoms. The van der Waals surface area contributed by atoms with Crippen molar-refractivity contribution in [2.45, 2.75) is 11.6 Å². The van der Waals surface area contributed by atoms with Crippen LogP contribution in [0.5, 0.6) is 5.75 Å². The van der Waals surface area contributed by atoms with Crippen LogP contribution in [0.1, 0.15) is 17.0 Å². The van der Waals surface area contributed by atoms with Gasteiger partial charge in [0.2, 0.25) is 0 Å². The Kier molecular flexibility index (Phi) is 6.43. The molecule has 30 heavy (non-hydrogen) atoms. The minimum absolute atomic E-state index is 0.534. The van der Waals surface area contributed by atoms with Crippen molar-refractivity contribution in [2.24, 2.45) is 0 Å². The Balaban J connectivity index is 1.46. The van der Waals surface area contributed by atoms with Crippen LogP contribution in [0.4, 0.5) is 0 Å². The Morgan fingerprint density at radius 3 is 2.27 bits per heavy atom. The van der Waals surface area contributed by atoms with E-state index in [1.807, 2.05) is 48.5 Å². The third kappa shape index (κ3) is 4.88. The number of nitrogens with zero attached hydrogens (tertiary/aromatic N) is 4. The molecule has 3 aromatic carbocycles. The number of rotatable bonds is 8. The minimum Gasteiger partial charge on any atom is -0.493 e. The van der Waals surface area contributed by atoms with Gasteiger partial charge in [0.05, 0.1) is 18.2 Å². The van der Waals surface area contributed by atoms with E-state index in [9.17, 15) is 0 Å². The van der Waals surface area contributed by atoms with Gasteiger partial charge in [0.1, 0.15) is 11.6 Å². The summed E-state index contributed by atoms with van der Waals surface area (Å²) in [5.74, 6) is 2.39. The first-order valence-corrected chi connectivity index (χ1v) is 10.6. The average molecular weight is 413 g/mol. The van der Waals surface area contributed by atoms with Gasteiger partial charge in [-0.15, -0.1) is 10.2 Å². The van der Waals surface area contributed by atoms with Crippen LogP contribution in [0, 0.1) is 11.3 Å². The highest BCUT2D eigenvalue weighted by Crippen LogP contribution is 2.23. The highest BCUT2D eigenvalue weighted by atomic mass is 32.2. The van der Waals surface area contributed by atoms with Crippen molar-refractivity contribution in [1.29, 1.82) is 5.26 Å². The molecule has 0 aliphatic rings. The zero-order chi connectivity index (χ0) is 20.6. The van der Waals surface area contributed by atoms with Crippen LogP contribution in [0.25, 0.3) is 5.69 Å². The monoisotopic (exact) mass is 412 g/mol. The lowest BCUT2D eigenvalue weighted by Crippen LogP contribution is -2.05. The third-order valence-corrected chi connectivity index (χ3v) is 5.38. The number of nitriles is 1. The zero-order valence-electron chi connectivity index (χ0n) is 16.3. The van der Waals surface area contributed by atoms with Crippen molar-refractivity contribution in [3.05, 3.63) is 102 Å². The summed E-state index contributed by atoms with van der Waals surface area (Å²) < 4.78 is 7.90. The number of hydrogen-bond acceptors (Lipinski definition) is 5. The number of benzene rings is 3. The van der Waals surface area contributed by atoms with Crippen molar-refractivity contribution in [2.75, 3.05) is 12.4 Å². The van der Waals surface area contributed by atoms with Gasteiger partial charge < -0.3 is 4.74 Å². The van der Waals surface area contributed by atoms with Gasteiger partial charge in [0, 0.05) is 17.9 Å². The Morgan fingerprint density at radius 2 is 1.57 bits per heavy atom. The van der Waals surface area contributed by atoms with Crippen LogP contribution in [-0.2, 0) is 6.42 Å². The molecule has 0 fully saturated rings. The highest BCUT2D eigenvalue weighted by molar-refractivity contribution is 7.99. The highest BCUT2D eigenvalue weighted by Gasteiger charge is 2.14. The Bertz CT molecular complexity index is 1120. The molecule has 1 heterocycles. The average Bonchev–Trinajstić information content (AvgIpc) is 3.20. The number of ether oxygens (including phenoxy) is 1. The van der Waals surface area contributed by atoms with Gasteiger partial charge in [0.15, 0.2) is 5.16 Å². The normalized spacial score (nSPS) is 10.5. The predicted octanol–water partition coefficient (Wildman–Crippen LogP) is 4.90. The molecule has 4 rings (SSSR count). The topological polar surface area (TPSA) is 63.7 Å². The smallest absolute Gasteiger partial charge is 0.195 e. The Morgan fingerprint density at radius 1 is 0.867 bits per heavy atom. The molecule has 148 valence electrons. The van der Waals surface area contributed by atoms with Gasteiger partial charge >= 0.3 is 0 Å². The fourth-order valence-corrected chi connectivity index (χ4v) is 3.83. The summed E-state index contributed by atoms with van der Waals surface area (Å²) in [5, 5.41) is 18.6. The predicted molar refractivity (Wildman–Crippen MR) is 118 cm³/mol. The van der Waals surface area contributed by atoms with Gasteiger partial charge in [-0.1, -0.05) is 60.3 Å². The molecule has 0 bridgehead atoms. The molecule has 0 atom stereocenters.